The van der Waals surface area contributed by atoms with Crippen LogP contribution in [-0.2, 0) is 7.05 Å². The Balaban J connectivity index is 3.22. The fourth-order valence-corrected chi connectivity index (χ4v) is 1.60. The van der Waals surface area contributed by atoms with Crippen LogP contribution in [0.5, 0.6) is 0 Å². The Morgan fingerprint density at radius 1 is 1.27 bits per heavy atom. The Morgan fingerprint density at radius 3 is 2.00 bits per heavy atom. The molecule has 0 aliphatic heterocycles. The van der Waals surface area contributed by atoms with Crippen LogP contribution in [0.1, 0.15) is 37.0 Å². The summed E-state index contributed by atoms with van der Waals surface area (Å²) in [6.45, 7) is 8.51. The first-order valence-electron chi connectivity index (χ1n) is 4.04. The largest absolute Gasteiger partial charge is 0.335 e. The highest BCUT2D eigenvalue weighted by Gasteiger charge is 2.10. The fourth-order valence-electron chi connectivity index (χ4n) is 1.60. The summed E-state index contributed by atoms with van der Waals surface area (Å²) in [6, 6.07) is 0. The van der Waals surface area contributed by atoms with Crippen molar-refractivity contribution in [3.63, 3.8) is 0 Å². The molecule has 1 aromatic rings. The highest BCUT2D eigenvalue weighted by atomic mass is 15.1. The molecule has 0 aliphatic rings. The molecule has 11 heavy (non-hydrogen) atoms. The van der Waals surface area contributed by atoms with Crippen LogP contribution < -0.4 is 0 Å². The Bertz CT molecular complexity index is 259. The van der Waals surface area contributed by atoms with Gasteiger partial charge in [-0.1, -0.05) is 13.8 Å². The molecule has 1 heterocycles. The van der Waals surface area contributed by atoms with E-state index in [4.69, 9.17) is 0 Å². The third kappa shape index (κ3) is 1.30. The fraction of sp³-hybridized carbons (Fsp3) is 0.667. The lowest BCUT2D eigenvalue weighted by Crippen LogP contribution is -2.00. The molecular weight excluding hydrogens is 136 g/mol. The Morgan fingerprint density at radius 2 is 1.82 bits per heavy atom. The lowest BCUT2D eigenvalue weighted by Gasteiger charge is -2.07. The summed E-state index contributed by atoms with van der Waals surface area (Å²) in [5.74, 6) is 1.67. The maximum absolute atomic E-state index is 4.39. The van der Waals surface area contributed by atoms with Crippen LogP contribution in [0, 0.1) is 13.8 Å². The van der Waals surface area contributed by atoms with Crippen LogP contribution in [0.25, 0.3) is 0 Å². The zero-order chi connectivity index (χ0) is 8.59. The van der Waals surface area contributed by atoms with Gasteiger partial charge in [0.15, 0.2) is 0 Å². The van der Waals surface area contributed by atoms with Crippen molar-refractivity contribution in [3.8, 4) is 0 Å². The van der Waals surface area contributed by atoms with Gasteiger partial charge in [-0.25, -0.2) is 4.98 Å². The minimum Gasteiger partial charge on any atom is -0.335 e. The monoisotopic (exact) mass is 152 g/mol. The summed E-state index contributed by atoms with van der Waals surface area (Å²) < 4.78 is 2.17. The van der Waals surface area contributed by atoms with E-state index in [1.165, 1.54) is 11.4 Å². The maximum Gasteiger partial charge on any atom is 0.105 e. The molecule has 0 spiro atoms. The number of aryl methyl sites for hydroxylation is 2. The number of hydrogen-bond donors (Lipinski definition) is 0. The third-order valence-electron chi connectivity index (χ3n) is 2.09. The van der Waals surface area contributed by atoms with Crippen LogP contribution in [0.3, 0.4) is 0 Å². The van der Waals surface area contributed by atoms with Gasteiger partial charge in [0.1, 0.15) is 5.82 Å². The number of imidazole rings is 1. The molecule has 1 aromatic heterocycles. The van der Waals surface area contributed by atoms with E-state index < -0.39 is 0 Å². The first kappa shape index (κ1) is 8.31. The second-order valence-electron chi connectivity index (χ2n) is 3.34. The van der Waals surface area contributed by atoms with E-state index in [1.807, 2.05) is 6.92 Å². The normalized spacial score (nSPS) is 11.1. The van der Waals surface area contributed by atoms with Crippen molar-refractivity contribution >= 4 is 0 Å². The summed E-state index contributed by atoms with van der Waals surface area (Å²) in [7, 11) is 2.07. The highest BCUT2D eigenvalue weighted by Crippen LogP contribution is 2.18. The molecule has 62 valence electrons. The number of nitrogens with zero attached hydrogens (tertiary/aromatic N) is 2. The van der Waals surface area contributed by atoms with Crippen LogP contribution in [0.15, 0.2) is 0 Å². The van der Waals surface area contributed by atoms with Gasteiger partial charge in [0, 0.05) is 12.7 Å². The minimum absolute atomic E-state index is 0.571. The van der Waals surface area contributed by atoms with Crippen molar-refractivity contribution in [2.75, 3.05) is 0 Å². The lowest BCUT2D eigenvalue weighted by molar-refractivity contribution is 0.720. The molecule has 0 radical (unpaired) electrons. The lowest BCUT2D eigenvalue weighted by atomic mass is 10.1. The maximum atomic E-state index is 4.39. The molecule has 0 unspecified atom stereocenters. The molecule has 0 amide bonds. The van der Waals surface area contributed by atoms with Crippen LogP contribution in [0.2, 0.25) is 0 Å². The third-order valence-corrected chi connectivity index (χ3v) is 2.09. The van der Waals surface area contributed by atoms with Gasteiger partial charge in [0.05, 0.1) is 5.69 Å². The van der Waals surface area contributed by atoms with E-state index in [0.29, 0.717) is 5.92 Å². The first-order valence-corrected chi connectivity index (χ1v) is 4.04. The van der Waals surface area contributed by atoms with Gasteiger partial charge in [-0.3, -0.25) is 0 Å². The quantitative estimate of drug-likeness (QED) is 0.603. The molecule has 0 N–H and O–H groups in total. The molecule has 0 bridgehead atoms. The molecule has 0 aromatic carbocycles. The predicted molar refractivity (Wildman–Crippen MR) is 46.8 cm³/mol. The van der Waals surface area contributed by atoms with Crippen molar-refractivity contribution < 1.29 is 0 Å². The van der Waals surface area contributed by atoms with Crippen molar-refractivity contribution in [2.24, 2.45) is 7.05 Å². The van der Waals surface area contributed by atoms with E-state index in [1.54, 1.807) is 0 Å². The van der Waals surface area contributed by atoms with Gasteiger partial charge >= 0.3 is 0 Å². The molecular formula is C9H16N2. The Kier molecular flexibility index (Phi) is 2.03. The smallest absolute Gasteiger partial charge is 0.105 e. The second kappa shape index (κ2) is 2.68. The molecule has 0 saturated carbocycles. The molecule has 0 fully saturated rings. The summed E-state index contributed by atoms with van der Waals surface area (Å²) in [6.07, 6.45) is 0. The van der Waals surface area contributed by atoms with Crippen molar-refractivity contribution in [2.45, 2.75) is 33.6 Å². The molecule has 1 rings (SSSR count). The van der Waals surface area contributed by atoms with Crippen molar-refractivity contribution in [1.82, 2.24) is 9.55 Å². The van der Waals surface area contributed by atoms with Gasteiger partial charge in [-0.05, 0) is 19.8 Å². The van der Waals surface area contributed by atoms with Gasteiger partial charge in [-0.2, -0.15) is 0 Å². The van der Waals surface area contributed by atoms with E-state index in [0.717, 1.165) is 5.82 Å². The van der Waals surface area contributed by atoms with Gasteiger partial charge in [-0.15, -0.1) is 0 Å². The van der Waals surface area contributed by atoms with E-state index >= 15 is 0 Å². The van der Waals surface area contributed by atoms with E-state index in [-0.39, 0.29) is 0 Å². The molecule has 0 aliphatic carbocycles. The summed E-state index contributed by atoms with van der Waals surface area (Å²) in [4.78, 5) is 4.39. The Labute approximate surface area is 68.3 Å². The predicted octanol–water partition coefficient (Wildman–Crippen LogP) is 2.16. The summed E-state index contributed by atoms with van der Waals surface area (Å²) in [5.41, 5.74) is 2.52. The van der Waals surface area contributed by atoms with E-state index in [2.05, 4.69) is 37.4 Å². The van der Waals surface area contributed by atoms with Crippen molar-refractivity contribution in [1.29, 1.82) is 0 Å². The minimum atomic E-state index is 0.571. The average molecular weight is 152 g/mol. The topological polar surface area (TPSA) is 17.8 Å². The molecule has 2 nitrogen and oxygen atoms in total. The second-order valence-corrected chi connectivity index (χ2v) is 3.34. The zero-order valence-electron chi connectivity index (χ0n) is 7.97. The van der Waals surface area contributed by atoms with Crippen LogP contribution >= 0.6 is 0 Å². The molecule has 2 heteroatoms. The van der Waals surface area contributed by atoms with Crippen LogP contribution in [0.4, 0.5) is 0 Å². The molecule has 0 atom stereocenters. The summed E-state index contributed by atoms with van der Waals surface area (Å²) in [5, 5.41) is 0. The van der Waals surface area contributed by atoms with Crippen LogP contribution in [-0.4, -0.2) is 9.55 Å². The number of rotatable bonds is 1. The van der Waals surface area contributed by atoms with Gasteiger partial charge in [0.25, 0.3) is 0 Å². The van der Waals surface area contributed by atoms with E-state index in [9.17, 15) is 0 Å². The zero-order valence-corrected chi connectivity index (χ0v) is 7.97. The SMILES string of the molecule is Cc1nc(C)n(C)c1C(C)C. The van der Waals surface area contributed by atoms with Gasteiger partial charge in [0.2, 0.25) is 0 Å². The number of hydrogen-bond acceptors (Lipinski definition) is 1. The molecule has 0 saturated heterocycles. The highest BCUT2D eigenvalue weighted by molar-refractivity contribution is 5.18. The average Bonchev–Trinajstić information content (AvgIpc) is 2.07. The van der Waals surface area contributed by atoms with Crippen molar-refractivity contribution in [3.05, 3.63) is 17.2 Å². The Hall–Kier alpha value is -0.790. The summed E-state index contributed by atoms with van der Waals surface area (Å²) >= 11 is 0. The first-order chi connectivity index (χ1) is 5.04. The standard InChI is InChI=1S/C9H16N2/c1-6(2)9-7(3)10-8(4)11(9)5/h6H,1-5H3. The number of aromatic nitrogens is 2. The van der Waals surface area contributed by atoms with Gasteiger partial charge < -0.3 is 4.57 Å².